The van der Waals surface area contributed by atoms with Crippen molar-refractivity contribution >= 4 is 28.9 Å². The number of ether oxygens (including phenoxy) is 2. The van der Waals surface area contributed by atoms with Crippen LogP contribution in [0.2, 0.25) is 5.02 Å². The molecule has 0 heterocycles. The molecule has 0 unspecified atom stereocenters. The minimum Gasteiger partial charge on any atom is -0.496 e. The molecule has 0 radical (unpaired) electrons. The zero-order valence-corrected chi connectivity index (χ0v) is 21.2. The van der Waals surface area contributed by atoms with Gasteiger partial charge in [-0.2, -0.15) is 0 Å². The number of hydrogen-bond donors (Lipinski definition) is 2. The normalized spacial score (nSPS) is 10.7. The number of benzene rings is 4. The average molecular weight is 505 g/mol. The number of hydrogen-bond acceptors (Lipinski definition) is 4. The first-order valence-electron chi connectivity index (χ1n) is 11.2. The Balaban J connectivity index is 2.09. The maximum Gasteiger partial charge on any atom is 0.221 e. The molecule has 4 aromatic rings. The van der Waals surface area contributed by atoms with Crippen LogP contribution in [0.4, 0.5) is 15.8 Å². The van der Waals surface area contributed by atoms with E-state index in [9.17, 15) is 9.18 Å². The van der Waals surface area contributed by atoms with Gasteiger partial charge >= 0.3 is 0 Å². The Hall–Kier alpha value is -4.03. The van der Waals surface area contributed by atoms with Crippen LogP contribution in [0.1, 0.15) is 12.5 Å². The highest BCUT2D eigenvalue weighted by molar-refractivity contribution is 6.34. The summed E-state index contributed by atoms with van der Waals surface area (Å²) >= 11 is 6.54. The second-order valence-electron chi connectivity index (χ2n) is 8.29. The zero-order chi connectivity index (χ0) is 26.0. The van der Waals surface area contributed by atoms with Crippen molar-refractivity contribution in [2.45, 2.75) is 13.8 Å². The number of halogens is 2. The molecular weight excluding hydrogens is 479 g/mol. The molecule has 5 nitrogen and oxygen atoms in total. The fraction of sp³-hybridized carbons (Fsp3) is 0.138. The second kappa shape index (κ2) is 10.3. The summed E-state index contributed by atoms with van der Waals surface area (Å²) in [6.07, 6.45) is 0. The molecule has 7 heteroatoms. The van der Waals surface area contributed by atoms with E-state index >= 15 is 0 Å². The smallest absolute Gasteiger partial charge is 0.221 e. The molecule has 3 N–H and O–H groups in total. The van der Waals surface area contributed by atoms with E-state index in [0.717, 1.165) is 16.7 Å². The topological polar surface area (TPSA) is 73.6 Å². The monoisotopic (exact) mass is 504 g/mol. The fourth-order valence-electron chi connectivity index (χ4n) is 4.46. The third-order valence-corrected chi connectivity index (χ3v) is 6.32. The van der Waals surface area contributed by atoms with Gasteiger partial charge in [-0.1, -0.05) is 54.1 Å². The predicted molar refractivity (Wildman–Crippen MR) is 144 cm³/mol. The van der Waals surface area contributed by atoms with E-state index in [1.54, 1.807) is 31.4 Å². The quantitative estimate of drug-likeness (QED) is 0.269. The number of rotatable bonds is 6. The van der Waals surface area contributed by atoms with Crippen LogP contribution >= 0.6 is 11.6 Å². The van der Waals surface area contributed by atoms with Crippen LogP contribution in [0.5, 0.6) is 11.5 Å². The average Bonchev–Trinajstić information content (AvgIpc) is 2.86. The number of carbonyl (C=O) groups excluding carboxylic acids is 1. The lowest BCUT2D eigenvalue weighted by Gasteiger charge is -2.24. The van der Waals surface area contributed by atoms with Crippen molar-refractivity contribution in [1.82, 2.24) is 0 Å². The van der Waals surface area contributed by atoms with Gasteiger partial charge in [0.1, 0.15) is 5.75 Å². The molecular formula is C29H26ClFN2O3. The summed E-state index contributed by atoms with van der Waals surface area (Å²) < 4.78 is 25.8. The Labute approximate surface area is 214 Å². The van der Waals surface area contributed by atoms with Crippen molar-refractivity contribution in [3.63, 3.8) is 0 Å². The van der Waals surface area contributed by atoms with Gasteiger partial charge in [0.15, 0.2) is 11.6 Å². The Bertz CT molecular complexity index is 1460. The number of nitrogen functional groups attached to an aromatic ring is 1. The van der Waals surface area contributed by atoms with E-state index in [4.69, 9.17) is 26.8 Å². The van der Waals surface area contributed by atoms with Crippen LogP contribution in [-0.2, 0) is 4.79 Å². The summed E-state index contributed by atoms with van der Waals surface area (Å²) in [5.74, 6) is 0.00502. The van der Waals surface area contributed by atoms with E-state index in [-0.39, 0.29) is 11.7 Å². The molecule has 0 atom stereocenters. The lowest BCUT2D eigenvalue weighted by atomic mass is 9.84. The maximum atomic E-state index is 14.8. The van der Waals surface area contributed by atoms with E-state index < -0.39 is 5.82 Å². The molecule has 0 fully saturated rings. The van der Waals surface area contributed by atoms with Crippen molar-refractivity contribution in [2.75, 3.05) is 25.3 Å². The standard InChI is InChI=1S/C29H26ClFN2O3/c1-16-25(20-11-13-24(35-3)22(31)15-20)26(19-10-12-23(21(30)14-19)33-17(2)34)28(32)27(29(16)36-4)18-8-6-5-7-9-18/h5-15H,32H2,1-4H3,(H,33,34). The van der Waals surface area contributed by atoms with Gasteiger partial charge in [-0.25, -0.2) is 4.39 Å². The van der Waals surface area contributed by atoms with Crippen molar-refractivity contribution in [1.29, 1.82) is 0 Å². The first-order chi connectivity index (χ1) is 17.3. The van der Waals surface area contributed by atoms with Crippen molar-refractivity contribution in [2.24, 2.45) is 0 Å². The molecule has 0 spiro atoms. The first kappa shape index (κ1) is 25.1. The highest BCUT2D eigenvalue weighted by Gasteiger charge is 2.25. The van der Waals surface area contributed by atoms with Crippen molar-refractivity contribution in [3.05, 3.63) is 83.1 Å². The second-order valence-corrected chi connectivity index (χ2v) is 8.70. The molecule has 184 valence electrons. The largest absolute Gasteiger partial charge is 0.496 e. The van der Waals surface area contributed by atoms with Gasteiger partial charge in [0.2, 0.25) is 5.91 Å². The van der Waals surface area contributed by atoms with Gasteiger partial charge in [-0.3, -0.25) is 4.79 Å². The number of nitrogens with one attached hydrogen (secondary N) is 1. The summed E-state index contributed by atoms with van der Waals surface area (Å²) in [6, 6.07) is 19.7. The van der Waals surface area contributed by atoms with Crippen LogP contribution in [0.15, 0.2) is 66.7 Å². The van der Waals surface area contributed by atoms with Crippen LogP contribution in [0, 0.1) is 12.7 Å². The molecule has 0 aliphatic heterocycles. The van der Waals surface area contributed by atoms with Crippen molar-refractivity contribution in [3.8, 4) is 44.9 Å². The number of carbonyl (C=O) groups is 1. The summed E-state index contributed by atoms with van der Waals surface area (Å²) in [4.78, 5) is 11.6. The third kappa shape index (κ3) is 4.60. The SMILES string of the molecule is COc1ccc(-c2c(C)c(OC)c(-c3ccccc3)c(N)c2-c2ccc(NC(C)=O)c(Cl)c2)cc1F. The number of amides is 1. The van der Waals surface area contributed by atoms with Gasteiger partial charge in [0.05, 0.1) is 30.6 Å². The van der Waals surface area contributed by atoms with Gasteiger partial charge in [-0.05, 0) is 53.4 Å². The predicted octanol–water partition coefficient (Wildman–Crippen LogP) is 7.35. The third-order valence-electron chi connectivity index (χ3n) is 6.01. The summed E-state index contributed by atoms with van der Waals surface area (Å²) in [5.41, 5.74) is 12.9. The van der Waals surface area contributed by atoms with E-state index in [0.29, 0.717) is 44.4 Å². The minimum absolute atomic E-state index is 0.140. The molecule has 0 bridgehead atoms. The van der Waals surface area contributed by atoms with E-state index in [1.807, 2.05) is 43.3 Å². The molecule has 4 aromatic carbocycles. The zero-order valence-electron chi connectivity index (χ0n) is 20.4. The van der Waals surface area contributed by atoms with Crippen LogP contribution < -0.4 is 20.5 Å². The Morgan fingerprint density at radius 1 is 0.889 bits per heavy atom. The highest BCUT2D eigenvalue weighted by Crippen LogP contribution is 2.50. The summed E-state index contributed by atoms with van der Waals surface area (Å²) in [7, 11) is 3.01. The molecule has 36 heavy (non-hydrogen) atoms. The van der Waals surface area contributed by atoms with Gasteiger partial charge in [0.25, 0.3) is 0 Å². The molecule has 0 aromatic heterocycles. The Morgan fingerprint density at radius 3 is 2.14 bits per heavy atom. The number of nitrogens with two attached hydrogens (primary N) is 1. The van der Waals surface area contributed by atoms with E-state index in [2.05, 4.69) is 5.32 Å². The number of anilines is 2. The van der Waals surface area contributed by atoms with Gasteiger partial charge in [0, 0.05) is 23.6 Å². The molecule has 0 aliphatic rings. The fourth-order valence-corrected chi connectivity index (χ4v) is 4.69. The van der Waals surface area contributed by atoms with Gasteiger partial charge < -0.3 is 20.5 Å². The van der Waals surface area contributed by atoms with Crippen LogP contribution in [0.25, 0.3) is 33.4 Å². The molecule has 4 rings (SSSR count). The Morgan fingerprint density at radius 2 is 1.56 bits per heavy atom. The molecule has 0 saturated heterocycles. The summed E-state index contributed by atoms with van der Waals surface area (Å²) in [6.45, 7) is 3.33. The lowest BCUT2D eigenvalue weighted by molar-refractivity contribution is -0.114. The Kier molecular flexibility index (Phi) is 7.17. The van der Waals surface area contributed by atoms with Crippen LogP contribution in [-0.4, -0.2) is 20.1 Å². The lowest BCUT2D eigenvalue weighted by Crippen LogP contribution is -2.06. The van der Waals surface area contributed by atoms with Crippen LogP contribution in [0.3, 0.4) is 0 Å². The van der Waals surface area contributed by atoms with E-state index in [1.165, 1.54) is 20.1 Å². The van der Waals surface area contributed by atoms with Crippen molar-refractivity contribution < 1.29 is 18.7 Å². The maximum absolute atomic E-state index is 14.8. The molecule has 0 aliphatic carbocycles. The minimum atomic E-state index is -0.496. The highest BCUT2D eigenvalue weighted by atomic mass is 35.5. The molecule has 1 amide bonds. The number of methoxy groups -OCH3 is 2. The summed E-state index contributed by atoms with van der Waals surface area (Å²) in [5, 5.41) is 3.06. The van der Waals surface area contributed by atoms with Gasteiger partial charge in [-0.15, -0.1) is 0 Å². The molecule has 0 saturated carbocycles. The first-order valence-corrected chi connectivity index (χ1v) is 11.6.